The molecule has 0 radical (unpaired) electrons. The molecule has 0 heterocycles. The van der Waals surface area contributed by atoms with Gasteiger partial charge in [-0.25, -0.2) is 13.2 Å². The maximum Gasteiger partial charge on any atom is 0.270 e. The summed E-state index contributed by atoms with van der Waals surface area (Å²) in [6.07, 6.45) is 6.52. The van der Waals surface area contributed by atoms with Crippen molar-refractivity contribution in [1.29, 1.82) is 0 Å². The Morgan fingerprint density at radius 3 is 1.09 bits per heavy atom. The van der Waals surface area contributed by atoms with Gasteiger partial charge in [0.05, 0.1) is 47.1 Å². The number of alkyl halides is 4. The van der Waals surface area contributed by atoms with E-state index >= 15 is 0 Å². The molecule has 0 aromatic carbocycles. The third kappa shape index (κ3) is 45.7. The average molecular weight is 885 g/mol. The lowest BCUT2D eigenvalue weighted by molar-refractivity contribution is -0.00250. The van der Waals surface area contributed by atoms with Crippen molar-refractivity contribution < 1.29 is 72.7 Å². The van der Waals surface area contributed by atoms with Crippen molar-refractivity contribution >= 4 is 40.5 Å². The van der Waals surface area contributed by atoms with Crippen molar-refractivity contribution in [3.63, 3.8) is 0 Å². The fraction of sp³-hybridized carbons (Fsp3) is 1.00. The number of hydrogen-bond donors (Lipinski definition) is 0. The smallest absolute Gasteiger partial charge is 0.270 e. The second-order valence-corrected chi connectivity index (χ2v) is 18.7. The van der Waals surface area contributed by atoms with Gasteiger partial charge in [0.25, 0.3) is 40.5 Å². The summed E-state index contributed by atoms with van der Waals surface area (Å²) in [7, 11) is -11.9. The molecule has 1 unspecified atom stereocenters. The zero-order valence-corrected chi connectivity index (χ0v) is 36.5. The Balaban J connectivity index is -0.000000117. The van der Waals surface area contributed by atoms with Gasteiger partial charge in [0.15, 0.2) is 0 Å². The molecule has 0 fully saturated rings. The average Bonchev–Trinajstić information content (AvgIpc) is 3.07. The van der Waals surface area contributed by atoms with Crippen LogP contribution >= 0.6 is 0 Å². The number of halogens is 4. The van der Waals surface area contributed by atoms with Crippen LogP contribution in [0.2, 0.25) is 0 Å². The molecule has 13 nitrogen and oxygen atoms in total. The van der Waals surface area contributed by atoms with E-state index in [2.05, 4.69) is 44.4 Å². The quantitative estimate of drug-likeness (QED) is 0.0518. The van der Waals surface area contributed by atoms with Gasteiger partial charge in [-0.15, -0.1) is 0 Å². The van der Waals surface area contributed by atoms with Gasteiger partial charge in [-0.05, 0) is 38.0 Å². The minimum Gasteiger partial charge on any atom is -0.381 e. The van der Waals surface area contributed by atoms with Crippen molar-refractivity contribution in [2.24, 2.45) is 11.8 Å². The second kappa shape index (κ2) is 36.6. The number of hydrogen-bond acceptors (Lipinski definition) is 13. The van der Waals surface area contributed by atoms with Crippen LogP contribution in [0.1, 0.15) is 121 Å². The standard InChI is InChI=1S/C9H17F3O6S2.C9H20O6S2.C6H14O.C6H14.CH3F.2CH4/c1-8(10,11)4-5-9(12,6-19(13,14)17-2)7-20(15,16)18-3;1-5-8(2)9(6-16(10,11)14-3)7-17(12,13)15-4;1-3-5-7-6-4-2;1-3-5-6-4-2;1-2;;/h4-7H2,1-3H3;8-9H,5-7H2,1-4H3;3-6H2,1-2H3;3-6H2,1-2H3;1H3;2*1H4. The van der Waals surface area contributed by atoms with E-state index in [-0.39, 0.29) is 32.3 Å². The number of unbranched alkanes of at least 4 members (excludes halogenated alkanes) is 3. The summed E-state index contributed by atoms with van der Waals surface area (Å²) in [5.41, 5.74) is -2.93. The van der Waals surface area contributed by atoms with Gasteiger partial charge in [0, 0.05) is 19.6 Å². The Labute approximate surface area is 328 Å². The van der Waals surface area contributed by atoms with Crippen molar-refractivity contribution in [3.05, 3.63) is 0 Å². The largest absolute Gasteiger partial charge is 0.381 e. The molecule has 0 saturated heterocycles. The summed E-state index contributed by atoms with van der Waals surface area (Å²) >= 11 is 0. The lowest BCUT2D eigenvalue weighted by Crippen LogP contribution is -2.41. The molecular weight excluding hydrogens is 809 g/mol. The molecular formula is C33H76F4O13S4. The summed E-state index contributed by atoms with van der Waals surface area (Å²) in [4.78, 5) is 0. The zero-order valence-electron chi connectivity index (χ0n) is 33.2. The molecule has 0 rings (SSSR count). The Morgan fingerprint density at radius 1 is 0.556 bits per heavy atom. The van der Waals surface area contributed by atoms with Crippen molar-refractivity contribution in [2.45, 2.75) is 133 Å². The van der Waals surface area contributed by atoms with Crippen LogP contribution in [0, 0.1) is 11.8 Å². The van der Waals surface area contributed by atoms with Gasteiger partial charge >= 0.3 is 0 Å². The highest BCUT2D eigenvalue weighted by atomic mass is 32.2. The van der Waals surface area contributed by atoms with Crippen molar-refractivity contribution in [2.75, 3.05) is 71.8 Å². The first-order valence-electron chi connectivity index (χ1n) is 16.9. The van der Waals surface area contributed by atoms with E-state index in [0.29, 0.717) is 20.5 Å². The zero-order chi connectivity index (χ0) is 42.3. The van der Waals surface area contributed by atoms with Crippen molar-refractivity contribution in [3.8, 4) is 0 Å². The molecule has 0 bridgehead atoms. The van der Waals surface area contributed by atoms with E-state index in [9.17, 15) is 51.2 Å². The van der Waals surface area contributed by atoms with Crippen molar-refractivity contribution in [1.82, 2.24) is 0 Å². The molecule has 0 aliphatic heterocycles. The monoisotopic (exact) mass is 884 g/mol. The SMILES string of the molecule is C.C.CCC(C)C(CS(=O)(=O)OC)CS(=O)(=O)OC.CCCCCC.CCCOCCC.CF.COS(=O)(=O)CC(F)(CCC(C)(F)F)CS(=O)(=O)OC. The predicted molar refractivity (Wildman–Crippen MR) is 212 cm³/mol. The minimum atomic E-state index is -4.37. The van der Waals surface area contributed by atoms with Gasteiger partial charge in [-0.2, -0.15) is 33.7 Å². The fourth-order valence-electron chi connectivity index (χ4n) is 3.64. The fourth-order valence-corrected chi connectivity index (χ4v) is 8.13. The Morgan fingerprint density at radius 2 is 0.870 bits per heavy atom. The number of ether oxygens (including phenoxy) is 1. The van der Waals surface area contributed by atoms with Crippen LogP contribution < -0.4 is 0 Å². The van der Waals surface area contributed by atoms with Crippen LogP contribution in [0.5, 0.6) is 0 Å². The maximum atomic E-state index is 14.4. The van der Waals surface area contributed by atoms with E-state index in [0.717, 1.165) is 54.5 Å². The van der Waals surface area contributed by atoms with Gasteiger partial charge in [-0.3, -0.25) is 21.1 Å². The lowest BCUT2D eigenvalue weighted by Gasteiger charge is -2.25. The highest BCUT2D eigenvalue weighted by molar-refractivity contribution is 7.88. The maximum absolute atomic E-state index is 14.4. The van der Waals surface area contributed by atoms with Crippen LogP contribution in [0.25, 0.3) is 0 Å². The first-order valence-corrected chi connectivity index (χ1v) is 23.2. The Bertz CT molecular complexity index is 1180. The summed E-state index contributed by atoms with van der Waals surface area (Å²) < 4.78 is 162. The molecule has 0 amide bonds. The Kier molecular flexibility index (Phi) is 46.2. The van der Waals surface area contributed by atoms with Gasteiger partial charge < -0.3 is 4.74 Å². The number of rotatable bonds is 24. The van der Waals surface area contributed by atoms with E-state index in [1.165, 1.54) is 25.7 Å². The topological polar surface area (TPSA) is 183 Å². The summed E-state index contributed by atoms with van der Waals surface area (Å²) in [5, 5.41) is 0. The molecule has 1 atom stereocenters. The second-order valence-electron chi connectivity index (χ2n) is 11.7. The molecule has 338 valence electrons. The van der Waals surface area contributed by atoms with Crippen LogP contribution in [-0.4, -0.2) is 117 Å². The third-order valence-electron chi connectivity index (χ3n) is 6.84. The highest BCUT2D eigenvalue weighted by Gasteiger charge is 2.42. The molecule has 0 aliphatic rings. The van der Waals surface area contributed by atoms with E-state index in [1.54, 1.807) is 6.92 Å². The normalized spacial score (nSPS) is 12.5. The predicted octanol–water partition coefficient (Wildman–Crippen LogP) is 7.95. The van der Waals surface area contributed by atoms with Crippen LogP contribution in [0.15, 0.2) is 0 Å². The van der Waals surface area contributed by atoms with Gasteiger partial charge in [0.2, 0.25) is 5.92 Å². The lowest BCUT2D eigenvalue weighted by atomic mass is 9.95. The van der Waals surface area contributed by atoms with E-state index in [4.69, 9.17) is 4.74 Å². The molecule has 21 heteroatoms. The molecule has 0 N–H and O–H groups in total. The molecule has 0 aliphatic carbocycles. The summed E-state index contributed by atoms with van der Waals surface area (Å²) in [6, 6.07) is 0. The first-order chi connectivity index (χ1) is 23.7. The Hall–Kier alpha value is -0.680. The first kappa shape index (κ1) is 68.0. The molecule has 0 spiro atoms. The van der Waals surface area contributed by atoms with E-state index < -0.39 is 82.3 Å². The third-order valence-corrected chi connectivity index (χ3v) is 12.3. The molecule has 54 heavy (non-hydrogen) atoms. The molecule has 0 aromatic rings. The van der Waals surface area contributed by atoms with Crippen LogP contribution in [0.3, 0.4) is 0 Å². The van der Waals surface area contributed by atoms with Crippen LogP contribution in [0.4, 0.5) is 17.6 Å². The van der Waals surface area contributed by atoms with E-state index in [1.807, 2.05) is 6.92 Å². The van der Waals surface area contributed by atoms with Gasteiger partial charge in [-0.1, -0.05) is 88.5 Å². The molecule has 0 aromatic heterocycles. The molecule has 0 saturated carbocycles. The van der Waals surface area contributed by atoms with Gasteiger partial charge in [0.1, 0.15) is 17.2 Å². The highest BCUT2D eigenvalue weighted by Crippen LogP contribution is 2.30. The summed E-state index contributed by atoms with van der Waals surface area (Å²) in [6.45, 7) is 14.7. The summed E-state index contributed by atoms with van der Waals surface area (Å²) in [5.74, 6) is -7.18. The van der Waals surface area contributed by atoms with Crippen LogP contribution in [-0.2, 0) is 61.9 Å². The minimum absolute atomic E-state index is 0.